The summed E-state index contributed by atoms with van der Waals surface area (Å²) in [6.45, 7) is 15.6. The van der Waals surface area contributed by atoms with Crippen molar-refractivity contribution in [3.8, 4) is 5.75 Å². The maximum atomic E-state index is 12.9. The number of carboxylic acid groups (broad SMARTS) is 1. The zero-order chi connectivity index (χ0) is 32.6. The molecule has 43 heavy (non-hydrogen) atoms. The van der Waals surface area contributed by atoms with Gasteiger partial charge in [-0.1, -0.05) is 51.1 Å². The molecule has 0 unspecified atom stereocenters. The second-order valence-electron chi connectivity index (χ2n) is 12.9. The van der Waals surface area contributed by atoms with Gasteiger partial charge in [-0.15, -0.1) is 0 Å². The number of aromatic carboxylic acids is 1. The first kappa shape index (κ1) is 35.2. The SMILES string of the molecule is CC(C)(C)OC(=O)[C@H](CNC(=O)/C=C/[C@@H](N)Cc1ccc(O[Si](C)(C)C(C)(C)C)cc1)NC(=O)c1ccccc1C(=O)O. The number of benzene rings is 2. The Morgan fingerprint density at radius 3 is 2.07 bits per heavy atom. The van der Waals surface area contributed by atoms with Crippen molar-refractivity contribution in [1.82, 2.24) is 10.6 Å². The van der Waals surface area contributed by atoms with Gasteiger partial charge in [-0.2, -0.15) is 0 Å². The van der Waals surface area contributed by atoms with Crippen LogP contribution in [0.5, 0.6) is 5.75 Å². The van der Waals surface area contributed by atoms with Gasteiger partial charge in [-0.25, -0.2) is 9.59 Å². The molecular weight excluding hydrogens is 566 g/mol. The molecule has 0 bridgehead atoms. The van der Waals surface area contributed by atoms with Crippen molar-refractivity contribution in [3.63, 3.8) is 0 Å². The molecule has 234 valence electrons. The minimum atomic E-state index is -1.95. The van der Waals surface area contributed by atoms with Gasteiger partial charge in [0, 0.05) is 18.7 Å². The average Bonchev–Trinajstić information content (AvgIpc) is 2.89. The molecule has 10 nitrogen and oxygen atoms in total. The fraction of sp³-hybridized carbons (Fsp3) is 0.438. The van der Waals surface area contributed by atoms with Crippen LogP contribution in [0.15, 0.2) is 60.7 Å². The monoisotopic (exact) mass is 611 g/mol. The smallest absolute Gasteiger partial charge is 0.336 e. The van der Waals surface area contributed by atoms with E-state index in [0.29, 0.717) is 6.42 Å². The molecule has 2 aromatic rings. The Morgan fingerprint density at radius 2 is 1.53 bits per heavy atom. The van der Waals surface area contributed by atoms with Gasteiger partial charge < -0.3 is 30.6 Å². The van der Waals surface area contributed by atoms with Gasteiger partial charge in [-0.3, -0.25) is 9.59 Å². The lowest BCUT2D eigenvalue weighted by atomic mass is 10.1. The molecule has 0 aliphatic carbocycles. The highest BCUT2D eigenvalue weighted by atomic mass is 28.4. The number of amides is 2. The second-order valence-corrected chi connectivity index (χ2v) is 17.6. The first-order valence-electron chi connectivity index (χ1n) is 14.1. The highest BCUT2D eigenvalue weighted by Crippen LogP contribution is 2.37. The molecule has 0 heterocycles. The normalized spacial score (nSPS) is 13.6. The number of ether oxygens (including phenoxy) is 1. The summed E-state index contributed by atoms with van der Waals surface area (Å²) in [6, 6.07) is 11.7. The third-order valence-electron chi connectivity index (χ3n) is 6.95. The fourth-order valence-electron chi connectivity index (χ4n) is 3.62. The summed E-state index contributed by atoms with van der Waals surface area (Å²) in [6.07, 6.45) is 3.32. The highest BCUT2D eigenvalue weighted by Gasteiger charge is 2.39. The van der Waals surface area contributed by atoms with Crippen molar-refractivity contribution in [2.45, 2.75) is 83.8 Å². The van der Waals surface area contributed by atoms with E-state index in [1.54, 1.807) is 26.8 Å². The molecule has 0 saturated heterocycles. The molecule has 0 aliphatic rings. The van der Waals surface area contributed by atoms with Crippen LogP contribution in [0, 0.1) is 0 Å². The number of carbonyl (C=O) groups is 4. The van der Waals surface area contributed by atoms with E-state index in [4.69, 9.17) is 14.9 Å². The van der Waals surface area contributed by atoms with Gasteiger partial charge in [0.2, 0.25) is 14.2 Å². The Kier molecular flexibility index (Phi) is 11.9. The van der Waals surface area contributed by atoms with Crippen molar-refractivity contribution in [2.75, 3.05) is 6.54 Å². The second kappa shape index (κ2) is 14.5. The minimum Gasteiger partial charge on any atom is -0.544 e. The predicted molar refractivity (Wildman–Crippen MR) is 169 cm³/mol. The molecular formula is C32H45N3O7Si. The Bertz CT molecular complexity index is 1330. The van der Waals surface area contributed by atoms with Crippen LogP contribution in [0.25, 0.3) is 0 Å². The quantitative estimate of drug-likeness (QED) is 0.156. The summed E-state index contributed by atoms with van der Waals surface area (Å²) in [5.74, 6) is -2.57. The van der Waals surface area contributed by atoms with Gasteiger partial charge in [0.15, 0.2) is 0 Å². The molecule has 11 heteroatoms. The number of hydrogen-bond acceptors (Lipinski definition) is 7. The van der Waals surface area contributed by atoms with Crippen molar-refractivity contribution in [3.05, 3.63) is 77.4 Å². The largest absolute Gasteiger partial charge is 0.544 e. The summed E-state index contributed by atoms with van der Waals surface area (Å²) in [7, 11) is -1.95. The Hall–Kier alpha value is -3.96. The van der Waals surface area contributed by atoms with Crippen LogP contribution in [-0.4, -0.2) is 61.4 Å². The Labute approximate surface area is 255 Å². The summed E-state index contributed by atoms with van der Waals surface area (Å²) in [4.78, 5) is 49.8. The summed E-state index contributed by atoms with van der Waals surface area (Å²) in [5.41, 5.74) is 6.00. The molecule has 2 atom stereocenters. The van der Waals surface area contributed by atoms with E-state index in [1.165, 1.54) is 30.3 Å². The number of carbonyl (C=O) groups excluding carboxylic acids is 3. The van der Waals surface area contributed by atoms with E-state index < -0.39 is 49.8 Å². The van der Waals surface area contributed by atoms with Crippen LogP contribution < -0.4 is 20.8 Å². The summed E-state index contributed by atoms with van der Waals surface area (Å²) >= 11 is 0. The van der Waals surface area contributed by atoms with Crippen LogP contribution in [0.1, 0.15) is 67.8 Å². The molecule has 2 aromatic carbocycles. The number of rotatable bonds is 12. The van der Waals surface area contributed by atoms with Crippen LogP contribution in [0.2, 0.25) is 18.1 Å². The van der Waals surface area contributed by atoms with Gasteiger partial charge in [0.25, 0.3) is 5.91 Å². The van der Waals surface area contributed by atoms with Gasteiger partial charge >= 0.3 is 11.9 Å². The Balaban J connectivity index is 2.02. The van der Waals surface area contributed by atoms with Crippen LogP contribution in [-0.2, 0) is 20.7 Å². The highest BCUT2D eigenvalue weighted by molar-refractivity contribution is 6.74. The zero-order valence-corrected chi connectivity index (χ0v) is 27.3. The predicted octanol–water partition coefficient (Wildman–Crippen LogP) is 4.45. The lowest BCUT2D eigenvalue weighted by Crippen LogP contribution is -2.50. The molecule has 0 aromatic heterocycles. The fourth-order valence-corrected chi connectivity index (χ4v) is 4.66. The van der Waals surface area contributed by atoms with Crippen LogP contribution >= 0.6 is 0 Å². The van der Waals surface area contributed by atoms with E-state index in [9.17, 15) is 24.3 Å². The van der Waals surface area contributed by atoms with Crippen LogP contribution in [0.3, 0.4) is 0 Å². The molecule has 0 spiro atoms. The number of hydrogen-bond donors (Lipinski definition) is 4. The minimum absolute atomic E-state index is 0.0870. The number of nitrogens with one attached hydrogen (secondary N) is 2. The number of carboxylic acids is 1. The lowest BCUT2D eigenvalue weighted by molar-refractivity contribution is -0.157. The average molecular weight is 612 g/mol. The molecule has 2 amide bonds. The van der Waals surface area contributed by atoms with Gasteiger partial charge in [-0.05, 0) is 75.2 Å². The number of esters is 1. The lowest BCUT2D eigenvalue weighted by Gasteiger charge is -2.36. The molecule has 0 fully saturated rings. The van der Waals surface area contributed by atoms with E-state index in [2.05, 4.69) is 44.5 Å². The summed E-state index contributed by atoms with van der Waals surface area (Å²) in [5, 5.41) is 14.6. The van der Waals surface area contributed by atoms with E-state index in [-0.39, 0.29) is 22.7 Å². The summed E-state index contributed by atoms with van der Waals surface area (Å²) < 4.78 is 11.7. The van der Waals surface area contributed by atoms with E-state index in [0.717, 1.165) is 11.3 Å². The third kappa shape index (κ3) is 11.3. The van der Waals surface area contributed by atoms with Gasteiger partial charge in [0.05, 0.1) is 11.1 Å². The van der Waals surface area contributed by atoms with Crippen LogP contribution in [0.4, 0.5) is 0 Å². The van der Waals surface area contributed by atoms with Crippen molar-refractivity contribution in [2.24, 2.45) is 5.73 Å². The standard InChI is InChI=1S/C32H45N3O7Si/c1-31(2,3)41-30(40)26(35-28(37)24-11-9-10-12-25(24)29(38)39)20-34-27(36)18-15-22(33)19-21-13-16-23(17-14-21)42-43(7,8)32(4,5)6/h9-18,22,26H,19-20,33H2,1-8H3,(H,34,36)(H,35,37)(H,38,39)/b18-15+/t22-,26+/m1/s1. The molecule has 0 aliphatic heterocycles. The first-order chi connectivity index (χ1) is 19.8. The van der Waals surface area contributed by atoms with Gasteiger partial charge in [0.1, 0.15) is 17.4 Å². The van der Waals surface area contributed by atoms with E-state index >= 15 is 0 Å². The van der Waals surface area contributed by atoms with Crippen molar-refractivity contribution < 1.29 is 33.4 Å². The zero-order valence-electron chi connectivity index (χ0n) is 26.3. The maximum Gasteiger partial charge on any atom is 0.336 e. The first-order valence-corrected chi connectivity index (χ1v) is 17.1. The molecule has 2 rings (SSSR count). The molecule has 5 N–H and O–H groups in total. The molecule has 0 saturated carbocycles. The topological polar surface area (TPSA) is 157 Å². The van der Waals surface area contributed by atoms with E-state index in [1.807, 2.05) is 24.3 Å². The van der Waals surface area contributed by atoms with Crippen molar-refractivity contribution >= 4 is 32.1 Å². The number of nitrogens with two attached hydrogens (primary N) is 1. The maximum absolute atomic E-state index is 12.9. The molecule has 0 radical (unpaired) electrons. The third-order valence-corrected chi connectivity index (χ3v) is 11.3. The Morgan fingerprint density at radius 1 is 0.953 bits per heavy atom. The van der Waals surface area contributed by atoms with Crippen molar-refractivity contribution in [1.29, 1.82) is 0 Å².